The van der Waals surface area contributed by atoms with Crippen LogP contribution in [-0.4, -0.2) is 29.3 Å². The van der Waals surface area contributed by atoms with Gasteiger partial charge in [0.1, 0.15) is 0 Å². The molecule has 2 N–H and O–H groups in total. The van der Waals surface area contributed by atoms with Crippen LogP contribution in [0.1, 0.15) is 0 Å². The zero-order chi connectivity index (χ0) is 10.8. The number of rotatable bonds is 1. The Hall–Kier alpha value is -0.970. The first-order valence-corrected chi connectivity index (χ1v) is 5.16. The molecule has 0 amide bonds. The lowest BCUT2D eigenvalue weighted by Gasteiger charge is -2.14. The van der Waals surface area contributed by atoms with E-state index in [0.717, 1.165) is 5.06 Å². The summed E-state index contributed by atoms with van der Waals surface area (Å²) in [6, 6.07) is 5.24. The molecule has 0 atom stereocenters. The average Bonchev–Trinajstić information content (AvgIpc) is 2.60. The number of nitrogens with zero attached hydrogens (tertiary/aromatic N) is 2. The highest BCUT2D eigenvalue weighted by Gasteiger charge is 2.15. The summed E-state index contributed by atoms with van der Waals surface area (Å²) in [4.78, 5) is 4.06. The van der Waals surface area contributed by atoms with Crippen molar-refractivity contribution in [3.8, 4) is 0 Å². The standard InChI is InChI=1S/C9H9Cl2N3O/c10-6-2-1-3-7(8(6)11)13-9-12-4-5-14(9)15/h1-3,15H,4-5H2,(H,12,13). The van der Waals surface area contributed by atoms with Crippen LogP contribution < -0.4 is 5.32 Å². The summed E-state index contributed by atoms with van der Waals surface area (Å²) in [6.07, 6.45) is 0. The van der Waals surface area contributed by atoms with Crippen LogP contribution in [-0.2, 0) is 0 Å². The van der Waals surface area contributed by atoms with E-state index in [1.807, 2.05) is 0 Å². The number of guanidine groups is 1. The van der Waals surface area contributed by atoms with Crippen molar-refractivity contribution in [2.45, 2.75) is 0 Å². The van der Waals surface area contributed by atoms with Crippen LogP contribution in [0.15, 0.2) is 23.2 Å². The Labute approximate surface area is 97.1 Å². The lowest BCUT2D eigenvalue weighted by molar-refractivity contribution is -0.00269. The van der Waals surface area contributed by atoms with Crippen molar-refractivity contribution >= 4 is 34.8 Å². The summed E-state index contributed by atoms with van der Waals surface area (Å²) in [5.74, 6) is 0.388. The molecule has 1 aromatic carbocycles. The van der Waals surface area contributed by atoms with E-state index in [2.05, 4.69) is 10.3 Å². The van der Waals surface area contributed by atoms with Gasteiger partial charge in [0.15, 0.2) is 0 Å². The van der Waals surface area contributed by atoms with Gasteiger partial charge in [-0.1, -0.05) is 29.3 Å². The number of hydrogen-bond acceptors (Lipinski definition) is 4. The van der Waals surface area contributed by atoms with Crippen molar-refractivity contribution in [3.05, 3.63) is 28.2 Å². The van der Waals surface area contributed by atoms with Gasteiger partial charge in [0, 0.05) is 0 Å². The van der Waals surface area contributed by atoms with Gasteiger partial charge in [0.05, 0.1) is 28.8 Å². The number of anilines is 1. The van der Waals surface area contributed by atoms with E-state index >= 15 is 0 Å². The largest absolute Gasteiger partial charge is 0.323 e. The molecule has 80 valence electrons. The predicted octanol–water partition coefficient (Wildman–Crippen LogP) is 2.47. The quantitative estimate of drug-likeness (QED) is 0.800. The van der Waals surface area contributed by atoms with E-state index in [-0.39, 0.29) is 0 Å². The van der Waals surface area contributed by atoms with Gasteiger partial charge in [-0.3, -0.25) is 5.21 Å². The van der Waals surface area contributed by atoms with Crippen LogP contribution in [0.4, 0.5) is 5.69 Å². The van der Waals surface area contributed by atoms with E-state index in [1.54, 1.807) is 18.2 Å². The molecule has 0 unspecified atom stereocenters. The molecule has 0 fully saturated rings. The molecule has 4 nitrogen and oxygen atoms in total. The minimum Gasteiger partial charge on any atom is -0.323 e. The SMILES string of the molecule is ON1CCN=C1Nc1cccc(Cl)c1Cl. The van der Waals surface area contributed by atoms with Crippen molar-refractivity contribution in [1.82, 2.24) is 5.06 Å². The average molecular weight is 246 g/mol. The first-order chi connectivity index (χ1) is 7.18. The maximum atomic E-state index is 9.37. The molecule has 0 aromatic heterocycles. The van der Waals surface area contributed by atoms with Crippen LogP contribution in [0.5, 0.6) is 0 Å². The maximum absolute atomic E-state index is 9.37. The fourth-order valence-electron chi connectivity index (χ4n) is 1.26. The summed E-state index contributed by atoms with van der Waals surface area (Å²) in [5, 5.41) is 14.2. The van der Waals surface area contributed by atoms with E-state index in [1.165, 1.54) is 0 Å². The molecule has 0 aliphatic carbocycles. The minimum absolute atomic E-state index is 0.388. The highest BCUT2D eigenvalue weighted by atomic mass is 35.5. The number of aliphatic imine (C=N–C) groups is 1. The molecule has 1 aliphatic rings. The van der Waals surface area contributed by atoms with Crippen molar-refractivity contribution in [2.75, 3.05) is 18.4 Å². The summed E-state index contributed by atoms with van der Waals surface area (Å²) >= 11 is 11.8. The van der Waals surface area contributed by atoms with Crippen LogP contribution in [0, 0.1) is 0 Å². The molecule has 15 heavy (non-hydrogen) atoms. The van der Waals surface area contributed by atoms with Gasteiger partial charge in [-0.05, 0) is 12.1 Å². The van der Waals surface area contributed by atoms with Gasteiger partial charge in [-0.2, -0.15) is 0 Å². The Bertz CT molecular complexity index is 408. The molecule has 2 rings (SSSR count). The second kappa shape index (κ2) is 4.26. The maximum Gasteiger partial charge on any atom is 0.222 e. The summed E-state index contributed by atoms with van der Waals surface area (Å²) in [6.45, 7) is 1.05. The molecule has 1 aliphatic heterocycles. The topological polar surface area (TPSA) is 47.9 Å². The number of nitrogens with one attached hydrogen (secondary N) is 1. The van der Waals surface area contributed by atoms with E-state index in [9.17, 15) is 5.21 Å². The zero-order valence-corrected chi connectivity index (χ0v) is 9.26. The Morgan fingerprint density at radius 2 is 2.20 bits per heavy atom. The van der Waals surface area contributed by atoms with Gasteiger partial charge in [-0.15, -0.1) is 0 Å². The van der Waals surface area contributed by atoms with Gasteiger partial charge in [-0.25, -0.2) is 10.1 Å². The fraction of sp³-hybridized carbons (Fsp3) is 0.222. The molecule has 6 heteroatoms. The third kappa shape index (κ3) is 2.17. The Morgan fingerprint density at radius 1 is 1.40 bits per heavy atom. The molecular weight excluding hydrogens is 237 g/mol. The predicted molar refractivity (Wildman–Crippen MR) is 60.9 cm³/mol. The number of hydrogen-bond donors (Lipinski definition) is 2. The first-order valence-electron chi connectivity index (χ1n) is 4.40. The molecule has 0 radical (unpaired) electrons. The van der Waals surface area contributed by atoms with E-state index < -0.39 is 0 Å². The second-order valence-corrected chi connectivity index (χ2v) is 3.84. The normalized spacial score (nSPS) is 15.4. The Kier molecular flexibility index (Phi) is 3.00. The van der Waals surface area contributed by atoms with Crippen LogP contribution in [0.3, 0.4) is 0 Å². The van der Waals surface area contributed by atoms with Gasteiger partial charge < -0.3 is 5.32 Å². The smallest absolute Gasteiger partial charge is 0.222 e. The summed E-state index contributed by atoms with van der Waals surface area (Å²) in [7, 11) is 0. The van der Waals surface area contributed by atoms with Crippen molar-refractivity contribution in [1.29, 1.82) is 0 Å². The van der Waals surface area contributed by atoms with Crippen molar-refractivity contribution < 1.29 is 5.21 Å². The van der Waals surface area contributed by atoms with Crippen LogP contribution >= 0.6 is 23.2 Å². The fourth-order valence-corrected chi connectivity index (χ4v) is 1.61. The Balaban J connectivity index is 2.21. The third-order valence-corrected chi connectivity index (χ3v) is 2.83. The van der Waals surface area contributed by atoms with Gasteiger partial charge in [0.25, 0.3) is 0 Å². The third-order valence-electron chi connectivity index (χ3n) is 2.02. The van der Waals surface area contributed by atoms with Crippen LogP contribution in [0.25, 0.3) is 0 Å². The lowest BCUT2D eigenvalue weighted by atomic mass is 10.3. The Morgan fingerprint density at radius 3 is 2.87 bits per heavy atom. The number of hydroxylamine groups is 2. The van der Waals surface area contributed by atoms with Crippen molar-refractivity contribution in [2.24, 2.45) is 4.99 Å². The lowest BCUT2D eigenvalue weighted by Crippen LogP contribution is -2.29. The zero-order valence-electron chi connectivity index (χ0n) is 7.74. The van der Waals surface area contributed by atoms with E-state index in [4.69, 9.17) is 23.2 Å². The van der Waals surface area contributed by atoms with E-state index in [0.29, 0.717) is 34.8 Å². The summed E-state index contributed by atoms with van der Waals surface area (Å²) in [5.41, 5.74) is 0.629. The molecule has 1 aromatic rings. The minimum atomic E-state index is 0.388. The molecule has 0 saturated heterocycles. The number of benzene rings is 1. The van der Waals surface area contributed by atoms with Gasteiger partial charge in [0.2, 0.25) is 5.96 Å². The molecule has 0 spiro atoms. The number of halogens is 2. The second-order valence-electron chi connectivity index (χ2n) is 3.05. The first kappa shape index (κ1) is 10.5. The molecule has 0 saturated carbocycles. The molecular formula is C9H9Cl2N3O. The van der Waals surface area contributed by atoms with Crippen LogP contribution in [0.2, 0.25) is 10.0 Å². The highest BCUT2D eigenvalue weighted by Crippen LogP contribution is 2.29. The molecule has 0 bridgehead atoms. The van der Waals surface area contributed by atoms with Gasteiger partial charge >= 0.3 is 0 Å². The highest BCUT2D eigenvalue weighted by molar-refractivity contribution is 6.44. The van der Waals surface area contributed by atoms with Crippen molar-refractivity contribution in [3.63, 3.8) is 0 Å². The summed E-state index contributed by atoms with van der Waals surface area (Å²) < 4.78 is 0. The monoisotopic (exact) mass is 245 g/mol. The molecule has 1 heterocycles.